The molecule has 2 heterocycles. The lowest BCUT2D eigenvalue weighted by Gasteiger charge is -2.26. The van der Waals surface area contributed by atoms with Crippen LogP contribution < -0.4 is 4.90 Å². The zero-order valence-electron chi connectivity index (χ0n) is 23.6. The van der Waals surface area contributed by atoms with Crippen LogP contribution in [0.3, 0.4) is 0 Å². The van der Waals surface area contributed by atoms with Gasteiger partial charge in [0.25, 0.3) is 0 Å². The third kappa shape index (κ3) is 4.86. The van der Waals surface area contributed by atoms with Crippen LogP contribution in [-0.4, -0.2) is 9.97 Å². The maximum Gasteiger partial charge on any atom is 0.124 e. The number of hydrogen-bond acceptors (Lipinski definition) is 3. The van der Waals surface area contributed by atoms with E-state index in [0.717, 1.165) is 51.5 Å². The number of fused-ring (bicyclic) bond motifs is 4. The molecular weight excluding hydrogens is 543 g/mol. The zero-order valence-corrected chi connectivity index (χ0v) is 24.4. The SMILES string of the molecule is C1=CCC=CC(c2nc3cc4[nH]c5ccc(-c6ccc(N(C7=CC=CCC=C7)c7ccccc7)cc6)cc5c4cc3s2)=C1.[HH]. The van der Waals surface area contributed by atoms with E-state index in [2.05, 4.69) is 156 Å². The van der Waals surface area contributed by atoms with Gasteiger partial charge in [-0.15, -0.1) is 11.3 Å². The fourth-order valence-electron chi connectivity index (χ4n) is 5.89. The quantitative estimate of drug-likeness (QED) is 0.222. The fourth-order valence-corrected chi connectivity index (χ4v) is 6.88. The molecule has 3 nitrogen and oxygen atoms in total. The van der Waals surface area contributed by atoms with E-state index in [0.29, 0.717) is 0 Å². The van der Waals surface area contributed by atoms with Gasteiger partial charge in [0.2, 0.25) is 0 Å². The van der Waals surface area contributed by atoms with E-state index in [1.54, 1.807) is 11.3 Å². The predicted molar refractivity (Wildman–Crippen MR) is 187 cm³/mol. The molecule has 1 N–H and O–H groups in total. The molecule has 2 aliphatic carbocycles. The lowest BCUT2D eigenvalue weighted by Crippen LogP contribution is -2.14. The molecule has 0 saturated heterocycles. The van der Waals surface area contributed by atoms with Gasteiger partial charge in [-0.1, -0.05) is 85.0 Å². The maximum atomic E-state index is 4.98. The van der Waals surface area contributed by atoms with Gasteiger partial charge >= 0.3 is 0 Å². The van der Waals surface area contributed by atoms with Crippen LogP contribution in [-0.2, 0) is 0 Å². The minimum Gasteiger partial charge on any atom is -0.354 e. The molecule has 0 spiro atoms. The highest BCUT2D eigenvalue weighted by Crippen LogP contribution is 2.37. The maximum absolute atomic E-state index is 4.98. The molecule has 0 unspecified atom stereocenters. The van der Waals surface area contributed by atoms with Crippen LogP contribution in [0.15, 0.2) is 151 Å². The molecule has 0 amide bonds. The Morgan fingerprint density at radius 1 is 0.674 bits per heavy atom. The number of benzene rings is 4. The summed E-state index contributed by atoms with van der Waals surface area (Å²) in [4.78, 5) is 10.9. The molecule has 0 radical (unpaired) electrons. The Hall–Kier alpha value is -5.19. The van der Waals surface area contributed by atoms with E-state index in [1.165, 1.54) is 32.2 Å². The van der Waals surface area contributed by atoms with Gasteiger partial charge in [0.15, 0.2) is 0 Å². The van der Waals surface area contributed by atoms with Crippen LogP contribution in [0.5, 0.6) is 0 Å². The van der Waals surface area contributed by atoms with E-state index < -0.39 is 0 Å². The molecule has 2 aliphatic rings. The van der Waals surface area contributed by atoms with Gasteiger partial charge in [-0.25, -0.2) is 4.98 Å². The van der Waals surface area contributed by atoms with Crippen molar-refractivity contribution < 1.29 is 1.43 Å². The number of nitrogens with zero attached hydrogens (tertiary/aromatic N) is 2. The highest BCUT2D eigenvalue weighted by Gasteiger charge is 2.15. The number of anilines is 2. The van der Waals surface area contributed by atoms with E-state index in [-0.39, 0.29) is 1.43 Å². The monoisotopic (exact) mass is 573 g/mol. The Labute approximate surface area is 256 Å². The topological polar surface area (TPSA) is 31.9 Å². The van der Waals surface area contributed by atoms with Crippen molar-refractivity contribution in [2.45, 2.75) is 12.8 Å². The van der Waals surface area contributed by atoms with Gasteiger partial charge in [0.1, 0.15) is 5.01 Å². The van der Waals surface area contributed by atoms with Crippen LogP contribution >= 0.6 is 11.3 Å². The Bertz CT molecular complexity index is 2170. The number of allylic oxidation sites excluding steroid dienone is 11. The standard InChI is InChI=1S/C39H29N3S.H2/c1-2-7-13-28(12-6-1)39-41-37-26-36-34(25-38(37)43-39)33-24-29(20-23-35(33)40-36)27-18-21-32(22-19-27)42(31-16-10-5-11-17-31)30-14-8-3-4-9-15-30;/h1,3,5-26,40H,2,4H2;1H. The van der Waals surface area contributed by atoms with Gasteiger partial charge in [-0.2, -0.15) is 0 Å². The summed E-state index contributed by atoms with van der Waals surface area (Å²) >= 11 is 1.76. The number of aromatic nitrogens is 2. The van der Waals surface area contributed by atoms with Gasteiger partial charge in [0, 0.05) is 45.9 Å². The van der Waals surface area contributed by atoms with E-state index in [9.17, 15) is 0 Å². The van der Waals surface area contributed by atoms with Gasteiger partial charge < -0.3 is 9.88 Å². The second kappa shape index (κ2) is 10.9. The highest BCUT2D eigenvalue weighted by molar-refractivity contribution is 7.19. The van der Waals surface area contributed by atoms with Crippen molar-refractivity contribution in [3.63, 3.8) is 0 Å². The second-order valence-corrected chi connectivity index (χ2v) is 11.9. The summed E-state index contributed by atoms with van der Waals surface area (Å²) in [5, 5.41) is 3.53. The van der Waals surface area contributed by atoms with Crippen LogP contribution in [0.4, 0.5) is 11.4 Å². The summed E-state index contributed by atoms with van der Waals surface area (Å²) < 4.78 is 1.21. The summed E-state index contributed by atoms with van der Waals surface area (Å²) in [6.45, 7) is 0. The summed E-state index contributed by atoms with van der Waals surface area (Å²) in [6, 6.07) is 30.7. The van der Waals surface area contributed by atoms with E-state index >= 15 is 0 Å². The number of thiazole rings is 1. The molecule has 43 heavy (non-hydrogen) atoms. The average Bonchev–Trinajstić information content (AvgIpc) is 3.34. The summed E-state index contributed by atoms with van der Waals surface area (Å²) in [5.74, 6) is 0. The molecule has 4 heteroatoms. The molecule has 0 aliphatic heterocycles. The summed E-state index contributed by atoms with van der Waals surface area (Å²) in [6.07, 6.45) is 23.6. The minimum absolute atomic E-state index is 0. The van der Waals surface area contributed by atoms with Crippen molar-refractivity contribution in [1.29, 1.82) is 0 Å². The second-order valence-electron chi connectivity index (χ2n) is 10.8. The molecule has 4 aromatic carbocycles. The van der Waals surface area contributed by atoms with Crippen molar-refractivity contribution in [1.82, 2.24) is 9.97 Å². The Balaban J connectivity index is 0.00000312. The predicted octanol–water partition coefficient (Wildman–Crippen LogP) is 11.3. The molecule has 0 fully saturated rings. The Kier molecular flexibility index (Phi) is 6.47. The van der Waals surface area contributed by atoms with Crippen LogP contribution in [0.25, 0.3) is 48.7 Å². The van der Waals surface area contributed by atoms with Crippen molar-refractivity contribution in [2.75, 3.05) is 4.90 Å². The summed E-state index contributed by atoms with van der Waals surface area (Å²) in [7, 11) is 0. The van der Waals surface area contributed by atoms with E-state index in [1.807, 2.05) is 0 Å². The van der Waals surface area contributed by atoms with Crippen molar-refractivity contribution >= 4 is 60.3 Å². The average molecular weight is 574 g/mol. The summed E-state index contributed by atoms with van der Waals surface area (Å²) in [5.41, 5.74) is 10.3. The largest absolute Gasteiger partial charge is 0.354 e. The number of nitrogens with one attached hydrogen (secondary N) is 1. The number of hydrogen-bond donors (Lipinski definition) is 1. The minimum atomic E-state index is 0. The third-order valence-electron chi connectivity index (χ3n) is 8.03. The molecular formula is C39H31N3S. The molecule has 8 rings (SSSR count). The normalized spacial score (nSPS) is 14.7. The smallest absolute Gasteiger partial charge is 0.124 e. The van der Waals surface area contributed by atoms with Crippen molar-refractivity contribution in [3.8, 4) is 11.1 Å². The Morgan fingerprint density at radius 3 is 2.28 bits per heavy atom. The fraction of sp³-hybridized carbons (Fsp3) is 0.0513. The van der Waals surface area contributed by atoms with Crippen molar-refractivity contribution in [2.24, 2.45) is 0 Å². The molecule has 0 bridgehead atoms. The molecule has 0 saturated carbocycles. The van der Waals surface area contributed by atoms with Gasteiger partial charge in [-0.05, 0) is 84.7 Å². The van der Waals surface area contributed by atoms with E-state index in [4.69, 9.17) is 4.98 Å². The number of aromatic amines is 1. The van der Waals surface area contributed by atoms with Crippen LogP contribution in [0.2, 0.25) is 0 Å². The first-order valence-corrected chi connectivity index (χ1v) is 15.5. The van der Waals surface area contributed by atoms with Gasteiger partial charge in [0.05, 0.1) is 10.2 Å². The van der Waals surface area contributed by atoms with Crippen LogP contribution in [0, 0.1) is 0 Å². The number of rotatable bonds is 5. The molecule has 0 atom stereocenters. The first kappa shape index (κ1) is 25.5. The van der Waals surface area contributed by atoms with Gasteiger partial charge in [-0.3, -0.25) is 0 Å². The number of H-pyrrole nitrogens is 1. The number of para-hydroxylation sites is 1. The first-order valence-electron chi connectivity index (χ1n) is 14.7. The lowest BCUT2D eigenvalue weighted by molar-refractivity contribution is 1.21. The third-order valence-corrected chi connectivity index (χ3v) is 9.10. The zero-order chi connectivity index (χ0) is 28.6. The lowest BCUT2D eigenvalue weighted by atomic mass is 10.0. The molecule has 208 valence electrons. The molecule has 6 aromatic rings. The first-order chi connectivity index (χ1) is 21.3. The molecule has 2 aromatic heterocycles. The van der Waals surface area contributed by atoms with Crippen molar-refractivity contribution in [3.05, 3.63) is 156 Å². The highest BCUT2D eigenvalue weighted by atomic mass is 32.1. The van der Waals surface area contributed by atoms with Crippen LogP contribution in [0.1, 0.15) is 19.3 Å². The Morgan fingerprint density at radius 2 is 1.42 bits per heavy atom.